The molecule has 0 aliphatic carbocycles. The minimum Gasteiger partial charge on any atom is -0.493 e. The van der Waals surface area contributed by atoms with Crippen LogP contribution in [0.3, 0.4) is 0 Å². The van der Waals surface area contributed by atoms with Crippen LogP contribution in [0.2, 0.25) is 0 Å². The number of rotatable bonds is 7. The zero-order valence-electron chi connectivity index (χ0n) is 11.0. The number of hydrogen-bond donors (Lipinski definition) is 0. The van der Waals surface area contributed by atoms with Crippen molar-refractivity contribution in [1.29, 1.82) is 0 Å². The third-order valence-electron chi connectivity index (χ3n) is 2.51. The summed E-state index contributed by atoms with van der Waals surface area (Å²) in [5.41, 5.74) is 0.0177. The lowest BCUT2D eigenvalue weighted by atomic mass is 10.3. The minimum atomic E-state index is -0.419. The van der Waals surface area contributed by atoms with Crippen LogP contribution >= 0.6 is 23.4 Å². The number of nitro benzene ring substituents is 1. The molecule has 1 atom stereocenters. The molecule has 0 spiro atoms. The number of methoxy groups -OCH3 is 2. The van der Waals surface area contributed by atoms with Crippen molar-refractivity contribution >= 4 is 29.1 Å². The summed E-state index contributed by atoms with van der Waals surface area (Å²) in [6, 6.07) is 3.01. The fourth-order valence-corrected chi connectivity index (χ4v) is 3.07. The second-order valence-corrected chi connectivity index (χ2v) is 5.70. The molecule has 0 radical (unpaired) electrons. The van der Waals surface area contributed by atoms with Crippen LogP contribution in [0.1, 0.15) is 13.3 Å². The van der Waals surface area contributed by atoms with Crippen molar-refractivity contribution in [2.24, 2.45) is 0 Å². The molecule has 0 saturated carbocycles. The molecule has 0 N–H and O–H groups in total. The Morgan fingerprint density at radius 2 is 1.95 bits per heavy atom. The van der Waals surface area contributed by atoms with E-state index in [0.29, 0.717) is 22.3 Å². The standard InChI is InChI=1S/C12H16ClNO4S/c1-8(4-5-13)19-12-7-11(18-3)10(17-2)6-9(12)14(15)16/h6-8H,4-5H2,1-3H3. The molecule has 1 rings (SSSR count). The predicted molar refractivity (Wildman–Crippen MR) is 76.9 cm³/mol. The van der Waals surface area contributed by atoms with Crippen molar-refractivity contribution < 1.29 is 14.4 Å². The van der Waals surface area contributed by atoms with E-state index in [1.807, 2.05) is 6.92 Å². The Bertz CT molecular complexity index is 456. The van der Waals surface area contributed by atoms with Gasteiger partial charge in [-0.15, -0.1) is 23.4 Å². The largest absolute Gasteiger partial charge is 0.493 e. The summed E-state index contributed by atoms with van der Waals surface area (Å²) in [6.07, 6.45) is 0.776. The smallest absolute Gasteiger partial charge is 0.286 e. The Hall–Kier alpha value is -1.14. The van der Waals surface area contributed by atoms with E-state index in [2.05, 4.69) is 0 Å². The molecule has 0 saturated heterocycles. The average molecular weight is 306 g/mol. The first-order chi connectivity index (χ1) is 9.03. The number of ether oxygens (including phenoxy) is 2. The molecule has 5 nitrogen and oxygen atoms in total. The molecule has 0 fully saturated rings. The van der Waals surface area contributed by atoms with Crippen LogP contribution in [0, 0.1) is 10.1 Å². The predicted octanol–water partition coefficient (Wildman–Crippen LogP) is 3.72. The van der Waals surface area contributed by atoms with Crippen molar-refractivity contribution in [2.75, 3.05) is 20.1 Å². The van der Waals surface area contributed by atoms with Crippen LogP contribution in [0.4, 0.5) is 5.69 Å². The molecule has 0 amide bonds. The van der Waals surface area contributed by atoms with Gasteiger partial charge in [-0.2, -0.15) is 0 Å². The highest BCUT2D eigenvalue weighted by atomic mass is 35.5. The number of nitrogens with zero attached hydrogens (tertiary/aromatic N) is 1. The summed E-state index contributed by atoms with van der Waals surface area (Å²) in [6.45, 7) is 1.98. The van der Waals surface area contributed by atoms with Crippen molar-refractivity contribution in [3.05, 3.63) is 22.2 Å². The van der Waals surface area contributed by atoms with Gasteiger partial charge in [0.1, 0.15) is 0 Å². The van der Waals surface area contributed by atoms with E-state index in [9.17, 15) is 10.1 Å². The molecular weight excluding hydrogens is 290 g/mol. The van der Waals surface area contributed by atoms with E-state index in [1.165, 1.54) is 32.0 Å². The van der Waals surface area contributed by atoms with Crippen LogP contribution < -0.4 is 9.47 Å². The molecule has 0 bridgehead atoms. The van der Waals surface area contributed by atoms with Gasteiger partial charge in [0.25, 0.3) is 5.69 Å². The van der Waals surface area contributed by atoms with Crippen LogP contribution in [0.5, 0.6) is 11.5 Å². The molecule has 0 heterocycles. The lowest BCUT2D eigenvalue weighted by Crippen LogP contribution is -2.00. The maximum absolute atomic E-state index is 11.1. The first-order valence-electron chi connectivity index (χ1n) is 5.66. The van der Waals surface area contributed by atoms with Gasteiger partial charge in [0.05, 0.1) is 30.1 Å². The molecular formula is C12H16ClNO4S. The monoisotopic (exact) mass is 305 g/mol. The summed E-state index contributed by atoms with van der Waals surface area (Å²) in [7, 11) is 2.95. The lowest BCUT2D eigenvalue weighted by molar-refractivity contribution is -0.387. The molecule has 106 valence electrons. The van der Waals surface area contributed by atoms with Gasteiger partial charge in [0, 0.05) is 17.2 Å². The summed E-state index contributed by atoms with van der Waals surface area (Å²) < 4.78 is 10.2. The lowest BCUT2D eigenvalue weighted by Gasteiger charge is -2.13. The topological polar surface area (TPSA) is 61.6 Å². The fraction of sp³-hybridized carbons (Fsp3) is 0.500. The SMILES string of the molecule is COc1cc(SC(C)CCCl)c([N+](=O)[O-])cc1OC. The average Bonchev–Trinajstić information content (AvgIpc) is 2.38. The summed E-state index contributed by atoms with van der Waals surface area (Å²) in [4.78, 5) is 11.2. The van der Waals surface area contributed by atoms with Crippen LogP contribution in [-0.2, 0) is 0 Å². The Kier molecular flexibility index (Phi) is 6.24. The number of alkyl halides is 1. The molecule has 0 aliphatic heterocycles. The van der Waals surface area contributed by atoms with Crippen molar-refractivity contribution in [1.82, 2.24) is 0 Å². The summed E-state index contributed by atoms with van der Waals surface area (Å²) in [5.74, 6) is 1.35. The van der Waals surface area contributed by atoms with Gasteiger partial charge >= 0.3 is 0 Å². The minimum absolute atomic E-state index is 0.0177. The van der Waals surface area contributed by atoms with Gasteiger partial charge in [-0.1, -0.05) is 6.92 Å². The van der Waals surface area contributed by atoms with E-state index in [1.54, 1.807) is 6.07 Å². The summed E-state index contributed by atoms with van der Waals surface area (Å²) in [5, 5.41) is 11.3. The van der Waals surface area contributed by atoms with Crippen molar-refractivity contribution in [3.63, 3.8) is 0 Å². The fourth-order valence-electron chi connectivity index (χ4n) is 1.52. The number of halogens is 1. The Balaban J connectivity index is 3.16. The number of nitro groups is 1. The third kappa shape index (κ3) is 4.18. The van der Waals surface area contributed by atoms with Gasteiger partial charge in [0.2, 0.25) is 0 Å². The first kappa shape index (κ1) is 15.9. The maximum Gasteiger partial charge on any atom is 0.286 e. The van der Waals surface area contributed by atoms with Crippen LogP contribution in [0.15, 0.2) is 17.0 Å². The molecule has 1 aromatic rings. The Morgan fingerprint density at radius 3 is 2.42 bits per heavy atom. The normalized spacial score (nSPS) is 12.0. The van der Waals surface area contributed by atoms with Crippen molar-refractivity contribution in [2.45, 2.75) is 23.5 Å². The number of benzene rings is 1. The molecule has 0 aliphatic rings. The first-order valence-corrected chi connectivity index (χ1v) is 7.08. The highest BCUT2D eigenvalue weighted by Gasteiger charge is 2.21. The maximum atomic E-state index is 11.1. The third-order valence-corrected chi connectivity index (χ3v) is 3.94. The quantitative estimate of drug-likeness (QED) is 0.332. The molecule has 1 aromatic carbocycles. The van der Waals surface area contributed by atoms with Gasteiger partial charge in [-0.3, -0.25) is 10.1 Å². The number of hydrogen-bond acceptors (Lipinski definition) is 5. The van der Waals surface area contributed by atoms with Crippen molar-refractivity contribution in [3.8, 4) is 11.5 Å². The van der Waals surface area contributed by atoms with Crippen LogP contribution in [-0.4, -0.2) is 30.3 Å². The Labute approximate surface area is 121 Å². The van der Waals surface area contributed by atoms with Crippen LogP contribution in [0.25, 0.3) is 0 Å². The number of thioether (sulfide) groups is 1. The second kappa shape index (κ2) is 7.45. The molecule has 7 heteroatoms. The van der Waals surface area contributed by atoms with E-state index >= 15 is 0 Å². The van der Waals surface area contributed by atoms with E-state index in [4.69, 9.17) is 21.1 Å². The second-order valence-electron chi connectivity index (χ2n) is 3.84. The van der Waals surface area contributed by atoms with Gasteiger partial charge in [-0.05, 0) is 6.42 Å². The highest BCUT2D eigenvalue weighted by Crippen LogP contribution is 2.41. The molecule has 1 unspecified atom stereocenters. The Morgan fingerprint density at radius 1 is 1.37 bits per heavy atom. The van der Waals surface area contributed by atoms with E-state index in [0.717, 1.165) is 6.42 Å². The van der Waals surface area contributed by atoms with E-state index in [-0.39, 0.29) is 10.9 Å². The highest BCUT2D eigenvalue weighted by molar-refractivity contribution is 8.00. The van der Waals surface area contributed by atoms with Gasteiger partial charge in [0.15, 0.2) is 11.5 Å². The molecule has 0 aromatic heterocycles. The van der Waals surface area contributed by atoms with Gasteiger partial charge in [-0.25, -0.2) is 0 Å². The molecule has 19 heavy (non-hydrogen) atoms. The van der Waals surface area contributed by atoms with Gasteiger partial charge < -0.3 is 9.47 Å². The zero-order chi connectivity index (χ0) is 14.4. The van der Waals surface area contributed by atoms with E-state index < -0.39 is 4.92 Å². The summed E-state index contributed by atoms with van der Waals surface area (Å²) >= 11 is 7.09. The zero-order valence-corrected chi connectivity index (χ0v) is 12.6.